The number of ether oxygens (including phenoxy) is 1. The molecule has 2 aliphatic carbocycles. The smallest absolute Gasteiger partial charge is 0.326 e. The summed E-state index contributed by atoms with van der Waals surface area (Å²) < 4.78 is 34.5. The van der Waals surface area contributed by atoms with Crippen LogP contribution < -0.4 is 16.6 Å². The van der Waals surface area contributed by atoms with E-state index in [1.807, 2.05) is 26.0 Å². The molecule has 2 aliphatic rings. The monoisotopic (exact) mass is 549 g/mol. The summed E-state index contributed by atoms with van der Waals surface area (Å²) in [5.74, 6) is -1.74. The van der Waals surface area contributed by atoms with Gasteiger partial charge in [-0.3, -0.25) is 19.0 Å². The molecule has 2 aromatic carbocycles. The lowest BCUT2D eigenvalue weighted by atomic mass is 9.97. The lowest BCUT2D eigenvalue weighted by Gasteiger charge is -2.29. The molecule has 3 N–H and O–H groups in total. The van der Waals surface area contributed by atoms with Crippen LogP contribution in [0.15, 0.2) is 59.4 Å². The number of fused-ring (bicyclic) bond motifs is 2. The van der Waals surface area contributed by atoms with Crippen molar-refractivity contribution in [1.82, 2.24) is 9.88 Å². The zero-order valence-corrected chi connectivity index (χ0v) is 22.6. The predicted octanol–water partition coefficient (Wildman–Crippen LogP) is 4.57. The highest BCUT2D eigenvalue weighted by atomic mass is 19.1. The lowest BCUT2D eigenvalue weighted by molar-refractivity contribution is -0.158. The number of aromatic nitrogens is 1. The van der Waals surface area contributed by atoms with Gasteiger partial charge < -0.3 is 15.8 Å². The van der Waals surface area contributed by atoms with E-state index in [-0.39, 0.29) is 29.0 Å². The Balaban J connectivity index is 1.23. The standard InChI is InChI=1S/C31H33F2N3O4/c1-31(2,30(39)40-26-16-19-3-6-20(26)15-19)35-14-13-18-4-8-22(9-5-18)36-27(37)12-11-24(29(36)34)28(38)23-10-7-21(32)17-25(23)33/h4-5,7-12,17,19-20,26,35H,3,6,13-16,34H2,1-2H3. The van der Waals surface area contributed by atoms with Crippen LogP contribution in [0.1, 0.15) is 61.0 Å². The highest BCUT2D eigenvalue weighted by molar-refractivity contribution is 6.11. The number of nitrogens with zero attached hydrogens (tertiary/aromatic N) is 1. The van der Waals surface area contributed by atoms with Crippen LogP contribution in [0.4, 0.5) is 14.6 Å². The molecule has 5 rings (SSSR count). The van der Waals surface area contributed by atoms with E-state index in [0.717, 1.165) is 30.5 Å². The number of halogens is 2. The van der Waals surface area contributed by atoms with Gasteiger partial charge in [0.1, 0.15) is 29.1 Å². The van der Waals surface area contributed by atoms with Crippen LogP contribution in [0.3, 0.4) is 0 Å². The van der Waals surface area contributed by atoms with Gasteiger partial charge in [0.05, 0.1) is 16.8 Å². The van der Waals surface area contributed by atoms with Gasteiger partial charge >= 0.3 is 5.97 Å². The maximum atomic E-state index is 14.2. The van der Waals surface area contributed by atoms with Crippen molar-refractivity contribution >= 4 is 17.6 Å². The number of carbonyl (C=O) groups is 2. The minimum absolute atomic E-state index is 0.0409. The number of nitrogen functional groups attached to an aromatic ring is 1. The van der Waals surface area contributed by atoms with Gasteiger partial charge in [-0.25, -0.2) is 8.78 Å². The molecule has 1 aromatic heterocycles. The second-order valence-corrected chi connectivity index (χ2v) is 11.3. The van der Waals surface area contributed by atoms with E-state index in [1.54, 1.807) is 12.1 Å². The number of pyridine rings is 1. The Labute approximate surface area is 231 Å². The number of rotatable bonds is 9. The van der Waals surface area contributed by atoms with Gasteiger partial charge in [0.25, 0.3) is 5.56 Å². The molecular formula is C31H33F2N3O4. The fraction of sp³-hybridized carbons (Fsp3) is 0.387. The maximum absolute atomic E-state index is 14.2. The molecule has 0 spiro atoms. The average Bonchev–Trinajstić information content (AvgIpc) is 3.53. The summed E-state index contributed by atoms with van der Waals surface area (Å²) in [7, 11) is 0. The van der Waals surface area contributed by atoms with E-state index < -0.39 is 28.5 Å². The summed E-state index contributed by atoms with van der Waals surface area (Å²) >= 11 is 0. The third-order valence-corrected chi connectivity index (χ3v) is 8.17. The first-order chi connectivity index (χ1) is 19.0. The van der Waals surface area contributed by atoms with E-state index in [4.69, 9.17) is 10.5 Å². The van der Waals surface area contributed by atoms with Crippen molar-refractivity contribution in [1.29, 1.82) is 0 Å². The third-order valence-electron chi connectivity index (χ3n) is 8.17. The van der Waals surface area contributed by atoms with E-state index in [1.165, 1.54) is 29.5 Å². The molecule has 2 saturated carbocycles. The molecule has 3 unspecified atom stereocenters. The quantitative estimate of drug-likeness (QED) is 0.299. The predicted molar refractivity (Wildman–Crippen MR) is 147 cm³/mol. The Hall–Kier alpha value is -3.85. The highest BCUT2D eigenvalue weighted by Gasteiger charge is 2.43. The van der Waals surface area contributed by atoms with Gasteiger partial charge in [0.15, 0.2) is 5.78 Å². The number of hydrogen-bond acceptors (Lipinski definition) is 6. The van der Waals surface area contributed by atoms with Gasteiger partial charge in [-0.1, -0.05) is 12.1 Å². The Morgan fingerprint density at radius 3 is 2.40 bits per heavy atom. The van der Waals surface area contributed by atoms with E-state index in [9.17, 15) is 23.2 Å². The van der Waals surface area contributed by atoms with Gasteiger partial charge in [-0.2, -0.15) is 0 Å². The summed E-state index contributed by atoms with van der Waals surface area (Å²) in [5.41, 5.74) is 5.90. The van der Waals surface area contributed by atoms with Crippen LogP contribution in [0.5, 0.6) is 0 Å². The molecule has 7 nitrogen and oxygen atoms in total. The normalized spacial score (nSPS) is 20.1. The molecule has 3 atom stereocenters. The van der Waals surface area contributed by atoms with Crippen LogP contribution >= 0.6 is 0 Å². The first-order valence-corrected chi connectivity index (χ1v) is 13.6. The van der Waals surface area contributed by atoms with Gasteiger partial charge in [0.2, 0.25) is 0 Å². The lowest BCUT2D eigenvalue weighted by Crippen LogP contribution is -2.49. The molecular weight excluding hydrogens is 516 g/mol. The molecule has 2 bridgehead atoms. The van der Waals surface area contributed by atoms with E-state index in [0.29, 0.717) is 36.6 Å². The fourth-order valence-electron chi connectivity index (χ4n) is 5.85. The van der Waals surface area contributed by atoms with Crippen LogP contribution in [-0.2, 0) is 16.0 Å². The van der Waals surface area contributed by atoms with Gasteiger partial charge in [0, 0.05) is 18.7 Å². The highest BCUT2D eigenvalue weighted by Crippen LogP contribution is 2.46. The molecule has 40 heavy (non-hydrogen) atoms. The number of carbonyl (C=O) groups excluding carboxylic acids is 2. The van der Waals surface area contributed by atoms with Crippen molar-refractivity contribution in [2.75, 3.05) is 12.3 Å². The number of benzene rings is 2. The van der Waals surface area contributed by atoms with Crippen LogP contribution in [0, 0.1) is 23.5 Å². The molecule has 0 radical (unpaired) electrons. The summed E-state index contributed by atoms with van der Waals surface area (Å²) in [6.07, 6.45) is 5.22. The number of nitrogens with two attached hydrogens (primary N) is 1. The Bertz CT molecular complexity index is 1500. The fourth-order valence-corrected chi connectivity index (χ4v) is 5.85. The van der Waals surface area contributed by atoms with Crippen molar-refractivity contribution in [3.63, 3.8) is 0 Å². The second-order valence-electron chi connectivity index (χ2n) is 11.3. The number of hydrogen-bond donors (Lipinski definition) is 2. The third kappa shape index (κ3) is 5.56. The van der Waals surface area contributed by atoms with Crippen LogP contribution in [-0.4, -0.2) is 34.5 Å². The number of ketones is 1. The van der Waals surface area contributed by atoms with Crippen molar-refractivity contribution in [2.45, 2.75) is 57.6 Å². The van der Waals surface area contributed by atoms with Crippen LogP contribution in [0.25, 0.3) is 5.69 Å². The Morgan fingerprint density at radius 2 is 1.75 bits per heavy atom. The molecule has 2 fully saturated rings. The first kappa shape index (κ1) is 27.7. The van der Waals surface area contributed by atoms with Crippen molar-refractivity contribution in [2.24, 2.45) is 11.8 Å². The van der Waals surface area contributed by atoms with Gasteiger partial charge in [-0.05, 0) is 93.7 Å². The number of nitrogens with one attached hydrogen (secondary N) is 1. The first-order valence-electron chi connectivity index (χ1n) is 13.6. The largest absolute Gasteiger partial charge is 0.461 e. The Kier molecular flexibility index (Phi) is 7.59. The van der Waals surface area contributed by atoms with E-state index >= 15 is 0 Å². The number of esters is 1. The molecule has 1 heterocycles. The minimum atomic E-state index is -1.01. The number of anilines is 1. The Morgan fingerprint density at radius 1 is 1.02 bits per heavy atom. The van der Waals surface area contributed by atoms with Crippen molar-refractivity contribution in [3.05, 3.63) is 93.3 Å². The van der Waals surface area contributed by atoms with Crippen molar-refractivity contribution in [3.8, 4) is 5.69 Å². The molecule has 0 aliphatic heterocycles. The molecule has 210 valence electrons. The summed E-state index contributed by atoms with van der Waals surface area (Å²) in [6, 6.07) is 12.1. The second kappa shape index (κ2) is 11.0. The maximum Gasteiger partial charge on any atom is 0.326 e. The molecule has 0 amide bonds. The van der Waals surface area contributed by atoms with Crippen LogP contribution in [0.2, 0.25) is 0 Å². The molecule has 3 aromatic rings. The topological polar surface area (TPSA) is 103 Å². The molecule has 0 saturated heterocycles. The van der Waals surface area contributed by atoms with E-state index in [2.05, 4.69) is 5.32 Å². The zero-order chi connectivity index (χ0) is 28.6. The van der Waals surface area contributed by atoms with Crippen molar-refractivity contribution < 1.29 is 23.1 Å². The summed E-state index contributed by atoms with van der Waals surface area (Å²) in [6.45, 7) is 4.19. The summed E-state index contributed by atoms with van der Waals surface area (Å²) in [5, 5.41) is 3.29. The van der Waals surface area contributed by atoms with Gasteiger partial charge in [-0.15, -0.1) is 0 Å². The minimum Gasteiger partial charge on any atom is -0.461 e. The zero-order valence-electron chi connectivity index (χ0n) is 22.6. The average molecular weight is 550 g/mol. The molecule has 9 heteroatoms. The SMILES string of the molecule is CC(C)(NCCc1ccc(-n2c(N)c(C(=O)c3ccc(F)cc3F)ccc2=O)cc1)C(=O)OC1CC2CCC1C2. The summed E-state index contributed by atoms with van der Waals surface area (Å²) in [4.78, 5) is 38.4.